The number of amides is 1. The van der Waals surface area contributed by atoms with Gasteiger partial charge in [0.25, 0.3) is 5.91 Å². The molecule has 198 valence electrons. The Morgan fingerprint density at radius 2 is 2.00 bits per heavy atom. The van der Waals surface area contributed by atoms with Crippen LogP contribution in [0.4, 0.5) is 4.39 Å². The second-order valence-electron chi connectivity index (χ2n) is 11.0. The molecule has 2 saturated heterocycles. The molecule has 1 aliphatic carbocycles. The molecule has 11 heteroatoms. The average Bonchev–Trinajstić information content (AvgIpc) is 3.50. The largest absolute Gasteiger partial charge is 0.493 e. The fourth-order valence-electron chi connectivity index (χ4n) is 5.61. The molecule has 38 heavy (non-hydrogen) atoms. The van der Waals surface area contributed by atoms with Gasteiger partial charge in [-0.3, -0.25) is 14.4 Å². The number of carbonyl (C=O) groups is 1. The summed E-state index contributed by atoms with van der Waals surface area (Å²) in [6.07, 6.45) is 9.57. The number of hydrogen-bond acceptors (Lipinski definition) is 7. The second-order valence-corrected chi connectivity index (χ2v) is 11.0. The fourth-order valence-corrected chi connectivity index (χ4v) is 5.61. The van der Waals surface area contributed by atoms with Crippen LogP contribution in [0.5, 0.6) is 5.75 Å². The maximum atomic E-state index is 14.6. The lowest BCUT2D eigenvalue weighted by Crippen LogP contribution is -2.62. The van der Waals surface area contributed by atoms with Crippen molar-refractivity contribution in [3.8, 4) is 17.0 Å². The fraction of sp³-hybridized carbons (Fsp3) is 0.481. The maximum Gasteiger partial charge on any atom is 0.254 e. The highest BCUT2D eigenvalue weighted by molar-refractivity contribution is 6.06. The average molecular weight is 519 g/mol. The van der Waals surface area contributed by atoms with Gasteiger partial charge in [-0.1, -0.05) is 0 Å². The number of nitrogens with two attached hydrogens (primary N) is 1. The highest BCUT2D eigenvalue weighted by Crippen LogP contribution is 2.38. The van der Waals surface area contributed by atoms with Crippen molar-refractivity contribution < 1.29 is 13.9 Å². The first-order chi connectivity index (χ1) is 18.5. The van der Waals surface area contributed by atoms with Crippen LogP contribution in [0.1, 0.15) is 42.1 Å². The lowest BCUT2D eigenvalue weighted by molar-refractivity contribution is 0.0298. The number of benzene rings is 1. The maximum absolute atomic E-state index is 14.6. The van der Waals surface area contributed by atoms with Gasteiger partial charge in [-0.15, -0.1) is 0 Å². The minimum atomic E-state index is -1.09. The van der Waals surface area contributed by atoms with Crippen LogP contribution in [-0.2, 0) is 0 Å². The lowest BCUT2D eigenvalue weighted by atomic mass is 9.96. The summed E-state index contributed by atoms with van der Waals surface area (Å²) in [5, 5.41) is 13.5. The van der Waals surface area contributed by atoms with Crippen LogP contribution in [0.15, 0.2) is 36.8 Å². The van der Waals surface area contributed by atoms with Gasteiger partial charge in [-0.05, 0) is 43.7 Å². The summed E-state index contributed by atoms with van der Waals surface area (Å²) < 4.78 is 24.4. The third-order valence-corrected chi connectivity index (χ3v) is 8.01. The van der Waals surface area contributed by atoms with Crippen LogP contribution < -0.4 is 15.8 Å². The number of nitrogens with zero attached hydrogens (tertiary/aromatic N) is 6. The molecule has 0 atom stereocenters. The predicted molar refractivity (Wildman–Crippen MR) is 140 cm³/mol. The molecule has 3 aliphatic rings. The quantitative estimate of drug-likeness (QED) is 0.368. The number of aromatic nitrogens is 5. The third-order valence-electron chi connectivity index (χ3n) is 8.01. The third kappa shape index (κ3) is 4.29. The number of ether oxygens (including phenoxy) is 1. The Kier molecular flexibility index (Phi) is 5.59. The summed E-state index contributed by atoms with van der Waals surface area (Å²) >= 11 is 0. The van der Waals surface area contributed by atoms with E-state index in [1.807, 2.05) is 23.0 Å². The molecule has 4 aromatic rings. The van der Waals surface area contributed by atoms with Crippen LogP contribution in [0, 0.1) is 5.92 Å². The van der Waals surface area contributed by atoms with E-state index in [2.05, 4.69) is 20.3 Å². The van der Waals surface area contributed by atoms with Crippen LogP contribution in [0.2, 0.25) is 0 Å². The van der Waals surface area contributed by atoms with Crippen LogP contribution in [0.25, 0.3) is 27.8 Å². The Morgan fingerprint density at radius 3 is 2.71 bits per heavy atom. The van der Waals surface area contributed by atoms with Gasteiger partial charge in [0.05, 0.1) is 18.2 Å². The van der Waals surface area contributed by atoms with Gasteiger partial charge in [0, 0.05) is 68.3 Å². The number of carbonyl (C=O) groups excluding carboxylic acids is 1. The summed E-state index contributed by atoms with van der Waals surface area (Å²) in [6.45, 7) is 3.71. The zero-order chi connectivity index (χ0) is 25.9. The normalized spacial score (nSPS) is 20.1. The Labute approximate surface area is 218 Å². The molecule has 3 N–H and O–H groups in total. The number of alkyl halides is 1. The summed E-state index contributed by atoms with van der Waals surface area (Å²) in [6, 6.07) is 5.93. The Hall–Kier alpha value is -3.57. The van der Waals surface area contributed by atoms with E-state index in [-0.39, 0.29) is 11.6 Å². The molecular weight excluding hydrogens is 487 g/mol. The first-order valence-electron chi connectivity index (χ1n) is 13.4. The van der Waals surface area contributed by atoms with Crippen LogP contribution in [0.3, 0.4) is 0 Å². The van der Waals surface area contributed by atoms with Gasteiger partial charge in [-0.25, -0.2) is 13.9 Å². The Morgan fingerprint density at radius 1 is 1.18 bits per heavy atom. The van der Waals surface area contributed by atoms with E-state index in [4.69, 9.17) is 15.6 Å². The zero-order valence-electron chi connectivity index (χ0n) is 21.1. The molecule has 1 amide bonds. The van der Waals surface area contributed by atoms with Crippen molar-refractivity contribution in [2.24, 2.45) is 11.7 Å². The molecule has 0 radical (unpaired) electrons. The molecule has 3 fully saturated rings. The van der Waals surface area contributed by atoms with E-state index in [1.54, 1.807) is 23.0 Å². The number of primary amides is 1. The molecule has 0 bridgehead atoms. The van der Waals surface area contributed by atoms with Crippen molar-refractivity contribution in [2.45, 2.75) is 37.4 Å². The van der Waals surface area contributed by atoms with Gasteiger partial charge < -0.3 is 15.8 Å². The van der Waals surface area contributed by atoms with Crippen molar-refractivity contribution in [3.05, 3.63) is 42.4 Å². The Bertz CT molecular complexity index is 1510. The van der Waals surface area contributed by atoms with Gasteiger partial charge >= 0.3 is 0 Å². The summed E-state index contributed by atoms with van der Waals surface area (Å²) in [5.74, 6) is 0.605. The smallest absolute Gasteiger partial charge is 0.254 e. The summed E-state index contributed by atoms with van der Waals surface area (Å²) in [7, 11) is 0. The molecule has 1 saturated carbocycles. The second kappa shape index (κ2) is 9.02. The van der Waals surface area contributed by atoms with E-state index in [0.717, 1.165) is 49.7 Å². The van der Waals surface area contributed by atoms with Crippen molar-refractivity contribution in [2.75, 3.05) is 39.3 Å². The standard InChI is InChI=1S/C27H31FN8O2/c28-27(14-30-15-27)16-34-8-4-19(5-9-34)36-12-18-10-20(22(11-21(18)32-36)38-13-17-2-3-17)24-23(25(29)37)26-31-6-1-7-35(26)33-24/h1,6-7,10-12,17,19,30H,2-5,8-9,13-16H2,(H2,29,37). The molecule has 0 unspecified atom stereocenters. The topological polar surface area (TPSA) is 116 Å². The first-order valence-corrected chi connectivity index (χ1v) is 13.4. The van der Waals surface area contributed by atoms with Crippen molar-refractivity contribution in [1.82, 2.24) is 34.6 Å². The summed E-state index contributed by atoms with van der Waals surface area (Å²) in [4.78, 5) is 19.1. The van der Waals surface area contributed by atoms with Crippen molar-refractivity contribution in [1.29, 1.82) is 0 Å². The zero-order valence-corrected chi connectivity index (χ0v) is 21.1. The number of halogens is 1. The van der Waals surface area contributed by atoms with Crippen molar-refractivity contribution >= 4 is 22.5 Å². The summed E-state index contributed by atoms with van der Waals surface area (Å²) in [5.41, 5.74) is 7.39. The highest BCUT2D eigenvalue weighted by Gasteiger charge is 2.39. The SMILES string of the molecule is NC(=O)c1c(-c2cc3cn(C4CCN(CC5(F)CNC5)CC4)nc3cc2OCC2CC2)nn2cccnc12. The number of nitrogens with one attached hydrogen (secondary N) is 1. The predicted octanol–water partition coefficient (Wildman–Crippen LogP) is 2.58. The van der Waals surface area contributed by atoms with Crippen LogP contribution in [-0.4, -0.2) is 80.2 Å². The molecule has 1 aromatic carbocycles. The Balaban J connectivity index is 1.22. The molecular formula is C27H31FN8O2. The molecule has 7 rings (SSSR count). The molecule has 3 aromatic heterocycles. The van der Waals surface area contributed by atoms with E-state index < -0.39 is 11.6 Å². The molecule has 5 heterocycles. The van der Waals surface area contributed by atoms with E-state index in [1.165, 1.54) is 0 Å². The monoisotopic (exact) mass is 518 g/mol. The van der Waals surface area contributed by atoms with E-state index >= 15 is 0 Å². The molecule has 2 aliphatic heterocycles. The van der Waals surface area contributed by atoms with Gasteiger partial charge in [0.15, 0.2) is 5.65 Å². The number of hydrogen-bond donors (Lipinski definition) is 2. The van der Waals surface area contributed by atoms with Gasteiger partial charge in [0.2, 0.25) is 0 Å². The molecule has 10 nitrogen and oxygen atoms in total. The number of fused-ring (bicyclic) bond motifs is 2. The first kappa shape index (κ1) is 23.5. The van der Waals surface area contributed by atoms with Gasteiger partial charge in [0.1, 0.15) is 22.7 Å². The van der Waals surface area contributed by atoms with Gasteiger partial charge in [-0.2, -0.15) is 10.2 Å². The minimum absolute atomic E-state index is 0.244. The molecule has 0 spiro atoms. The van der Waals surface area contributed by atoms with E-state index in [9.17, 15) is 9.18 Å². The van der Waals surface area contributed by atoms with E-state index in [0.29, 0.717) is 54.8 Å². The number of piperidine rings is 1. The highest BCUT2D eigenvalue weighted by atomic mass is 19.1. The lowest BCUT2D eigenvalue weighted by Gasteiger charge is -2.41. The van der Waals surface area contributed by atoms with Crippen molar-refractivity contribution in [3.63, 3.8) is 0 Å². The van der Waals surface area contributed by atoms with Crippen LogP contribution >= 0.6 is 0 Å². The minimum Gasteiger partial charge on any atom is -0.493 e. The number of likely N-dealkylation sites (tertiary alicyclic amines) is 1. The number of rotatable bonds is 8.